The van der Waals surface area contributed by atoms with E-state index in [9.17, 15) is 0 Å². The van der Waals surface area contributed by atoms with Crippen molar-refractivity contribution < 1.29 is 0 Å². The number of benzene rings is 1. The first-order valence-electron chi connectivity index (χ1n) is 6.46. The average Bonchev–Trinajstić information content (AvgIpc) is 2.53. The van der Waals surface area contributed by atoms with Crippen molar-refractivity contribution in [3.8, 4) is 0 Å². The SMILES string of the molecule is CN1C2CCC1CN(c1cccc(Cl)c1)CC2. The molecule has 2 nitrogen and oxygen atoms in total. The Kier molecular flexibility index (Phi) is 3.01. The molecule has 17 heavy (non-hydrogen) atoms. The molecule has 3 heteroatoms. The summed E-state index contributed by atoms with van der Waals surface area (Å²) in [4.78, 5) is 5.07. The molecular formula is C14H19ClN2. The number of fused-ring (bicyclic) bond motifs is 2. The van der Waals surface area contributed by atoms with E-state index in [1.807, 2.05) is 12.1 Å². The van der Waals surface area contributed by atoms with Crippen LogP contribution in [0.25, 0.3) is 0 Å². The summed E-state index contributed by atoms with van der Waals surface area (Å²) in [5, 5.41) is 0.838. The molecule has 0 aromatic heterocycles. The van der Waals surface area contributed by atoms with Crippen LogP contribution in [0.3, 0.4) is 0 Å². The van der Waals surface area contributed by atoms with Gasteiger partial charge in [-0.3, -0.25) is 4.90 Å². The minimum absolute atomic E-state index is 0.724. The minimum Gasteiger partial charge on any atom is -0.370 e. The molecule has 2 unspecified atom stereocenters. The number of rotatable bonds is 1. The maximum Gasteiger partial charge on any atom is 0.0426 e. The number of nitrogens with zero attached hydrogens (tertiary/aromatic N) is 2. The van der Waals surface area contributed by atoms with Crippen LogP contribution in [0.15, 0.2) is 24.3 Å². The predicted octanol–water partition coefficient (Wildman–Crippen LogP) is 3.01. The van der Waals surface area contributed by atoms with Gasteiger partial charge in [0.05, 0.1) is 0 Å². The first kappa shape index (κ1) is 11.4. The van der Waals surface area contributed by atoms with E-state index in [2.05, 4.69) is 29.0 Å². The lowest BCUT2D eigenvalue weighted by Crippen LogP contribution is -2.36. The summed E-state index contributed by atoms with van der Waals surface area (Å²) in [5.41, 5.74) is 1.28. The molecule has 1 aromatic carbocycles. The Hall–Kier alpha value is -0.730. The van der Waals surface area contributed by atoms with Gasteiger partial charge in [-0.2, -0.15) is 0 Å². The summed E-state index contributed by atoms with van der Waals surface area (Å²) in [6.07, 6.45) is 4.00. The van der Waals surface area contributed by atoms with Gasteiger partial charge < -0.3 is 4.90 Å². The number of hydrogen-bond donors (Lipinski definition) is 0. The second kappa shape index (κ2) is 4.51. The molecule has 0 saturated carbocycles. The largest absolute Gasteiger partial charge is 0.370 e. The van der Waals surface area contributed by atoms with E-state index in [1.54, 1.807) is 0 Å². The predicted molar refractivity (Wildman–Crippen MR) is 72.9 cm³/mol. The maximum atomic E-state index is 6.08. The van der Waals surface area contributed by atoms with E-state index in [0.29, 0.717) is 0 Å². The molecular weight excluding hydrogens is 232 g/mol. The summed E-state index contributed by atoms with van der Waals surface area (Å²) in [6, 6.07) is 9.77. The van der Waals surface area contributed by atoms with Gasteiger partial charge in [-0.05, 0) is 44.5 Å². The van der Waals surface area contributed by atoms with Crippen LogP contribution in [0.5, 0.6) is 0 Å². The second-order valence-electron chi connectivity index (χ2n) is 5.27. The van der Waals surface area contributed by atoms with Crippen molar-refractivity contribution in [2.75, 3.05) is 25.0 Å². The highest BCUT2D eigenvalue weighted by atomic mass is 35.5. The molecule has 92 valence electrons. The van der Waals surface area contributed by atoms with E-state index >= 15 is 0 Å². The molecule has 2 aliphatic heterocycles. The standard InChI is InChI=1S/C14H19ClN2/c1-16-12-5-6-14(16)10-17(8-7-12)13-4-2-3-11(15)9-13/h2-4,9,12,14H,5-8,10H2,1H3. The van der Waals surface area contributed by atoms with Gasteiger partial charge in [0.25, 0.3) is 0 Å². The van der Waals surface area contributed by atoms with Gasteiger partial charge in [0.15, 0.2) is 0 Å². The van der Waals surface area contributed by atoms with Gasteiger partial charge in [-0.1, -0.05) is 17.7 Å². The first-order valence-corrected chi connectivity index (χ1v) is 6.84. The Morgan fingerprint density at radius 3 is 2.82 bits per heavy atom. The molecule has 2 bridgehead atoms. The van der Waals surface area contributed by atoms with Crippen molar-refractivity contribution in [3.05, 3.63) is 29.3 Å². The summed E-state index contributed by atoms with van der Waals surface area (Å²) in [7, 11) is 2.28. The Balaban J connectivity index is 1.81. The number of anilines is 1. The van der Waals surface area contributed by atoms with Crippen molar-refractivity contribution in [1.29, 1.82) is 0 Å². The molecule has 1 aromatic rings. The Labute approximate surface area is 108 Å². The zero-order valence-corrected chi connectivity index (χ0v) is 11.0. The average molecular weight is 251 g/mol. The van der Waals surface area contributed by atoms with Gasteiger partial charge in [0.1, 0.15) is 0 Å². The molecule has 3 rings (SSSR count). The van der Waals surface area contributed by atoms with Crippen LogP contribution in [0.2, 0.25) is 5.02 Å². The molecule has 2 saturated heterocycles. The highest BCUT2D eigenvalue weighted by Crippen LogP contribution is 2.31. The molecule has 0 amide bonds. The Bertz CT molecular complexity index is 407. The Morgan fingerprint density at radius 1 is 1.18 bits per heavy atom. The van der Waals surface area contributed by atoms with Crippen LogP contribution >= 0.6 is 11.6 Å². The lowest BCUT2D eigenvalue weighted by Gasteiger charge is -2.27. The molecule has 0 radical (unpaired) electrons. The number of hydrogen-bond acceptors (Lipinski definition) is 2. The van der Waals surface area contributed by atoms with Gasteiger partial charge in [0.2, 0.25) is 0 Å². The lowest BCUT2D eigenvalue weighted by atomic mass is 10.1. The zero-order valence-electron chi connectivity index (χ0n) is 10.3. The van der Waals surface area contributed by atoms with E-state index in [4.69, 9.17) is 11.6 Å². The van der Waals surface area contributed by atoms with Crippen LogP contribution in [0.1, 0.15) is 19.3 Å². The summed E-state index contributed by atoms with van der Waals surface area (Å²) in [6.45, 7) is 2.30. The molecule has 0 aliphatic carbocycles. The fourth-order valence-electron chi connectivity index (χ4n) is 3.22. The van der Waals surface area contributed by atoms with Gasteiger partial charge in [-0.25, -0.2) is 0 Å². The minimum atomic E-state index is 0.724. The normalized spacial score (nSPS) is 29.4. The number of halogens is 1. The number of likely N-dealkylation sites (N-methyl/N-ethyl adjacent to an activating group) is 1. The fourth-order valence-corrected chi connectivity index (χ4v) is 3.40. The second-order valence-corrected chi connectivity index (χ2v) is 5.70. The third-order valence-corrected chi connectivity index (χ3v) is 4.56. The highest BCUT2D eigenvalue weighted by Gasteiger charge is 2.34. The summed E-state index contributed by atoms with van der Waals surface area (Å²) in [5.74, 6) is 0. The molecule has 2 atom stereocenters. The monoisotopic (exact) mass is 250 g/mol. The van der Waals surface area contributed by atoms with Crippen molar-refractivity contribution in [2.45, 2.75) is 31.3 Å². The van der Waals surface area contributed by atoms with E-state index < -0.39 is 0 Å². The van der Waals surface area contributed by atoms with Crippen LogP contribution in [-0.4, -0.2) is 37.1 Å². The van der Waals surface area contributed by atoms with E-state index in [1.165, 1.54) is 24.9 Å². The van der Waals surface area contributed by atoms with E-state index in [0.717, 1.165) is 30.2 Å². The van der Waals surface area contributed by atoms with Crippen molar-refractivity contribution in [1.82, 2.24) is 4.90 Å². The Morgan fingerprint density at radius 2 is 2.00 bits per heavy atom. The van der Waals surface area contributed by atoms with Crippen LogP contribution in [-0.2, 0) is 0 Å². The molecule has 2 fully saturated rings. The molecule has 2 heterocycles. The quantitative estimate of drug-likeness (QED) is 0.756. The zero-order chi connectivity index (χ0) is 11.8. The highest BCUT2D eigenvalue weighted by molar-refractivity contribution is 6.30. The van der Waals surface area contributed by atoms with Gasteiger partial charge >= 0.3 is 0 Å². The lowest BCUT2D eigenvalue weighted by molar-refractivity contribution is 0.254. The van der Waals surface area contributed by atoms with Crippen molar-refractivity contribution in [3.63, 3.8) is 0 Å². The van der Waals surface area contributed by atoms with Crippen molar-refractivity contribution >= 4 is 17.3 Å². The smallest absolute Gasteiger partial charge is 0.0426 e. The van der Waals surface area contributed by atoms with Crippen LogP contribution in [0, 0.1) is 0 Å². The van der Waals surface area contributed by atoms with Crippen LogP contribution < -0.4 is 4.90 Å². The third-order valence-electron chi connectivity index (χ3n) is 4.32. The molecule has 0 spiro atoms. The maximum absolute atomic E-state index is 6.08. The molecule has 2 aliphatic rings. The topological polar surface area (TPSA) is 6.48 Å². The summed E-state index contributed by atoms with van der Waals surface area (Å²) < 4.78 is 0. The van der Waals surface area contributed by atoms with Crippen LogP contribution in [0.4, 0.5) is 5.69 Å². The van der Waals surface area contributed by atoms with Gasteiger partial charge in [0, 0.05) is 35.9 Å². The third kappa shape index (κ3) is 2.16. The first-order chi connectivity index (χ1) is 8.24. The molecule has 0 N–H and O–H groups in total. The van der Waals surface area contributed by atoms with Crippen molar-refractivity contribution in [2.24, 2.45) is 0 Å². The fraction of sp³-hybridized carbons (Fsp3) is 0.571. The van der Waals surface area contributed by atoms with Gasteiger partial charge in [-0.15, -0.1) is 0 Å². The van der Waals surface area contributed by atoms with E-state index in [-0.39, 0.29) is 0 Å². The summed E-state index contributed by atoms with van der Waals surface area (Å²) >= 11 is 6.08.